The maximum Gasteiger partial charge on any atom is 0.339 e. The van der Waals surface area contributed by atoms with E-state index in [1.807, 2.05) is 24.4 Å². The van der Waals surface area contributed by atoms with Crippen molar-refractivity contribution < 1.29 is 9.53 Å². The Labute approximate surface area is 139 Å². The second-order valence-corrected chi connectivity index (χ2v) is 4.98. The number of pyridine rings is 2. The van der Waals surface area contributed by atoms with Crippen LogP contribution in [0.3, 0.4) is 0 Å². The van der Waals surface area contributed by atoms with E-state index in [2.05, 4.69) is 20.4 Å². The predicted molar refractivity (Wildman–Crippen MR) is 88.9 cm³/mol. The first kappa shape index (κ1) is 15.7. The lowest BCUT2D eigenvalue weighted by Crippen LogP contribution is -2.07. The van der Waals surface area contributed by atoms with Gasteiger partial charge in [0.25, 0.3) is 0 Å². The van der Waals surface area contributed by atoms with Crippen LogP contribution in [0.5, 0.6) is 0 Å². The fourth-order valence-corrected chi connectivity index (χ4v) is 2.13. The molecule has 24 heavy (non-hydrogen) atoms. The van der Waals surface area contributed by atoms with Gasteiger partial charge >= 0.3 is 5.97 Å². The zero-order valence-corrected chi connectivity index (χ0v) is 13.2. The van der Waals surface area contributed by atoms with Gasteiger partial charge in [0, 0.05) is 31.3 Å². The van der Waals surface area contributed by atoms with E-state index in [-0.39, 0.29) is 5.97 Å². The Morgan fingerprint density at radius 3 is 2.88 bits per heavy atom. The molecule has 0 fully saturated rings. The number of nitrogens with zero attached hydrogens (tertiary/aromatic N) is 4. The molecule has 0 aliphatic rings. The highest BCUT2D eigenvalue weighted by Gasteiger charge is 2.06. The maximum absolute atomic E-state index is 11.6. The van der Waals surface area contributed by atoms with Crippen LogP contribution >= 0.6 is 0 Å². The molecule has 0 saturated heterocycles. The van der Waals surface area contributed by atoms with Gasteiger partial charge in [0.15, 0.2) is 5.82 Å². The van der Waals surface area contributed by atoms with Crippen molar-refractivity contribution in [1.29, 1.82) is 0 Å². The summed E-state index contributed by atoms with van der Waals surface area (Å²) >= 11 is 0. The molecule has 0 saturated carbocycles. The van der Waals surface area contributed by atoms with Gasteiger partial charge in [-0.3, -0.25) is 0 Å². The van der Waals surface area contributed by atoms with Gasteiger partial charge in [-0.2, -0.15) is 5.10 Å². The standard InChI is InChI=1S/C17H17N5O2/c1-2-24-17(23)14-4-5-15(20-12-14)19-11-13-6-8-18-16(10-13)22-9-3-7-21-22/h3-10,12H,2,11H2,1H3,(H,19,20). The summed E-state index contributed by atoms with van der Waals surface area (Å²) in [5.41, 5.74) is 1.49. The number of hydrogen-bond donors (Lipinski definition) is 1. The Balaban J connectivity index is 1.63. The highest BCUT2D eigenvalue weighted by Crippen LogP contribution is 2.10. The van der Waals surface area contributed by atoms with Crippen LogP contribution in [0.25, 0.3) is 5.82 Å². The quantitative estimate of drug-likeness (QED) is 0.702. The minimum atomic E-state index is -0.366. The molecule has 0 atom stereocenters. The van der Waals surface area contributed by atoms with Gasteiger partial charge in [-0.05, 0) is 42.8 Å². The van der Waals surface area contributed by atoms with Crippen molar-refractivity contribution in [2.45, 2.75) is 13.5 Å². The Morgan fingerprint density at radius 2 is 2.17 bits per heavy atom. The molecule has 0 bridgehead atoms. The molecule has 0 spiro atoms. The van der Waals surface area contributed by atoms with Gasteiger partial charge < -0.3 is 10.1 Å². The van der Waals surface area contributed by atoms with Crippen LogP contribution in [0.4, 0.5) is 5.82 Å². The summed E-state index contributed by atoms with van der Waals surface area (Å²) in [6, 6.07) is 9.17. The second kappa shape index (κ2) is 7.36. The minimum absolute atomic E-state index is 0.347. The second-order valence-electron chi connectivity index (χ2n) is 4.98. The van der Waals surface area contributed by atoms with Crippen LogP contribution in [0.1, 0.15) is 22.8 Å². The summed E-state index contributed by atoms with van der Waals surface area (Å²) in [5.74, 6) is 1.07. The topological polar surface area (TPSA) is 81.9 Å². The third-order valence-electron chi connectivity index (χ3n) is 3.30. The van der Waals surface area contributed by atoms with Gasteiger partial charge in [-0.1, -0.05) is 0 Å². The zero-order valence-electron chi connectivity index (χ0n) is 13.2. The number of rotatable bonds is 6. The summed E-state index contributed by atoms with van der Waals surface area (Å²) in [6.45, 7) is 2.70. The largest absolute Gasteiger partial charge is 0.462 e. The van der Waals surface area contributed by atoms with Crippen LogP contribution in [-0.2, 0) is 11.3 Å². The van der Waals surface area contributed by atoms with Crippen LogP contribution in [0.15, 0.2) is 55.1 Å². The number of esters is 1. The smallest absolute Gasteiger partial charge is 0.339 e. The van der Waals surface area contributed by atoms with Gasteiger partial charge in [-0.25, -0.2) is 19.4 Å². The summed E-state index contributed by atoms with van der Waals surface area (Å²) in [4.78, 5) is 20.1. The van der Waals surface area contributed by atoms with Crippen LogP contribution < -0.4 is 5.32 Å². The van der Waals surface area contributed by atoms with Crippen molar-refractivity contribution in [3.05, 3.63) is 66.2 Å². The average molecular weight is 323 g/mol. The summed E-state index contributed by atoms with van der Waals surface area (Å²) < 4.78 is 6.64. The molecular formula is C17H17N5O2. The van der Waals surface area contributed by atoms with E-state index < -0.39 is 0 Å². The Morgan fingerprint density at radius 1 is 1.25 bits per heavy atom. The maximum atomic E-state index is 11.6. The number of anilines is 1. The zero-order chi connectivity index (χ0) is 16.8. The molecule has 0 unspecified atom stereocenters. The lowest BCUT2D eigenvalue weighted by molar-refractivity contribution is 0.0526. The molecule has 7 nitrogen and oxygen atoms in total. The average Bonchev–Trinajstić information content (AvgIpc) is 3.16. The first-order valence-electron chi connectivity index (χ1n) is 7.58. The van der Waals surface area contributed by atoms with Crippen molar-refractivity contribution in [2.75, 3.05) is 11.9 Å². The van der Waals surface area contributed by atoms with Gasteiger partial charge in [0.2, 0.25) is 0 Å². The SMILES string of the molecule is CCOC(=O)c1ccc(NCc2ccnc(-n3cccn3)c2)nc1. The first-order chi connectivity index (χ1) is 11.8. The monoisotopic (exact) mass is 323 g/mol. The van der Waals surface area contributed by atoms with E-state index >= 15 is 0 Å². The third-order valence-corrected chi connectivity index (χ3v) is 3.30. The number of hydrogen-bond acceptors (Lipinski definition) is 6. The van der Waals surface area contributed by atoms with Crippen LogP contribution in [0, 0.1) is 0 Å². The number of carbonyl (C=O) groups is 1. The van der Waals surface area contributed by atoms with Gasteiger partial charge in [-0.15, -0.1) is 0 Å². The van der Waals surface area contributed by atoms with E-state index in [4.69, 9.17) is 4.74 Å². The number of nitrogens with one attached hydrogen (secondary N) is 1. The van der Waals surface area contributed by atoms with E-state index in [0.29, 0.717) is 24.5 Å². The molecule has 3 aromatic rings. The molecule has 0 aliphatic heterocycles. The highest BCUT2D eigenvalue weighted by molar-refractivity contribution is 5.89. The van der Waals surface area contributed by atoms with Gasteiger partial charge in [0.1, 0.15) is 5.82 Å². The summed E-state index contributed by atoms with van der Waals surface area (Å²) in [5, 5.41) is 7.38. The highest BCUT2D eigenvalue weighted by atomic mass is 16.5. The Bertz CT molecular complexity index is 800. The van der Waals surface area contributed by atoms with E-state index in [0.717, 1.165) is 11.4 Å². The molecule has 0 radical (unpaired) electrons. The first-order valence-corrected chi connectivity index (χ1v) is 7.58. The van der Waals surface area contributed by atoms with Crippen LogP contribution in [-0.4, -0.2) is 32.3 Å². The number of ether oxygens (including phenoxy) is 1. The van der Waals surface area contributed by atoms with E-state index in [9.17, 15) is 4.79 Å². The molecule has 3 heterocycles. The molecular weight excluding hydrogens is 306 g/mol. The molecule has 1 N–H and O–H groups in total. The molecule has 7 heteroatoms. The minimum Gasteiger partial charge on any atom is -0.462 e. The normalized spacial score (nSPS) is 10.4. The summed E-state index contributed by atoms with van der Waals surface area (Å²) in [7, 11) is 0. The number of carbonyl (C=O) groups excluding carboxylic acids is 1. The van der Waals surface area contributed by atoms with E-state index in [1.54, 1.807) is 36.1 Å². The molecule has 122 valence electrons. The lowest BCUT2D eigenvalue weighted by Gasteiger charge is -2.08. The molecule has 0 aromatic carbocycles. The van der Waals surface area contributed by atoms with Crippen molar-refractivity contribution in [1.82, 2.24) is 19.7 Å². The summed E-state index contributed by atoms with van der Waals surface area (Å²) in [6.07, 6.45) is 6.80. The van der Waals surface area contributed by atoms with Crippen molar-refractivity contribution in [2.24, 2.45) is 0 Å². The molecule has 0 aliphatic carbocycles. The number of aromatic nitrogens is 4. The van der Waals surface area contributed by atoms with Crippen molar-refractivity contribution in [3.8, 4) is 5.82 Å². The Kier molecular flexibility index (Phi) is 4.81. The van der Waals surface area contributed by atoms with E-state index in [1.165, 1.54) is 6.20 Å². The van der Waals surface area contributed by atoms with Crippen LogP contribution in [0.2, 0.25) is 0 Å². The predicted octanol–water partition coefficient (Wildman–Crippen LogP) is 2.45. The fourth-order valence-electron chi connectivity index (χ4n) is 2.13. The fraction of sp³-hybridized carbons (Fsp3) is 0.176. The molecule has 0 amide bonds. The molecule has 3 rings (SSSR count). The van der Waals surface area contributed by atoms with Crippen molar-refractivity contribution >= 4 is 11.8 Å². The Hall–Kier alpha value is -3.22. The van der Waals surface area contributed by atoms with Crippen molar-refractivity contribution in [3.63, 3.8) is 0 Å². The van der Waals surface area contributed by atoms with Gasteiger partial charge in [0.05, 0.1) is 12.2 Å². The molecule has 3 aromatic heterocycles. The lowest BCUT2D eigenvalue weighted by atomic mass is 10.2. The third kappa shape index (κ3) is 3.75.